The molecule has 0 saturated carbocycles. The highest BCUT2D eigenvalue weighted by atomic mass is 79.9. The number of nitrogens with one attached hydrogen (secondary N) is 1. The summed E-state index contributed by atoms with van der Waals surface area (Å²) in [4.78, 5) is 28.4. The third kappa shape index (κ3) is 7.64. The number of carbonyl (C=O) groups is 1. The molecule has 0 bridgehead atoms. The zero-order valence-corrected chi connectivity index (χ0v) is 26.9. The van der Waals surface area contributed by atoms with Gasteiger partial charge in [0.1, 0.15) is 41.8 Å². The maximum Gasteiger partial charge on any atom is 0.198 e. The van der Waals surface area contributed by atoms with Crippen LogP contribution in [0.4, 0.5) is 10.9 Å². The van der Waals surface area contributed by atoms with Crippen molar-refractivity contribution in [3.05, 3.63) is 114 Å². The Bertz CT molecular complexity index is 1940. The van der Waals surface area contributed by atoms with Gasteiger partial charge in [-0.2, -0.15) is 20.7 Å². The summed E-state index contributed by atoms with van der Waals surface area (Å²) in [6.45, 7) is 1.94. The normalized spacial score (nSPS) is 10.7. The Morgan fingerprint density at radius 1 is 0.932 bits per heavy atom. The molecule has 0 saturated heterocycles. The second kappa shape index (κ2) is 14.9. The molecule has 0 amide bonds. The maximum absolute atomic E-state index is 12.1. The fraction of sp³-hybridized carbons (Fsp3) is 0.0690. The van der Waals surface area contributed by atoms with Crippen LogP contribution in [0.2, 0.25) is 0 Å². The molecule has 15 heteroatoms. The minimum atomic E-state index is -0.612. The van der Waals surface area contributed by atoms with Crippen molar-refractivity contribution in [1.82, 2.24) is 39.5 Å². The van der Waals surface area contributed by atoms with Gasteiger partial charge in [0.05, 0.1) is 23.3 Å². The van der Waals surface area contributed by atoms with Crippen molar-refractivity contribution in [3.8, 4) is 28.4 Å². The number of rotatable bonds is 7. The summed E-state index contributed by atoms with van der Waals surface area (Å²) in [6.07, 6.45) is 5.91. The van der Waals surface area contributed by atoms with Gasteiger partial charge >= 0.3 is 0 Å². The van der Waals surface area contributed by atoms with Crippen molar-refractivity contribution in [2.75, 3.05) is 5.32 Å². The lowest BCUT2D eigenvalue weighted by Crippen LogP contribution is -2.14. The quantitative estimate of drug-likeness (QED) is 0.147. The summed E-state index contributed by atoms with van der Waals surface area (Å²) >= 11 is 4.68. The monoisotopic (exact) mass is 729 g/mol. The minimum absolute atomic E-state index is 0. The number of aryl methyl sites for hydroxylation is 1. The Hall–Kier alpha value is -5.09. The number of pyridine rings is 1. The van der Waals surface area contributed by atoms with Crippen LogP contribution in [0.3, 0.4) is 0 Å². The van der Waals surface area contributed by atoms with Gasteiger partial charge in [-0.1, -0.05) is 57.6 Å². The van der Waals surface area contributed by atoms with Crippen molar-refractivity contribution < 1.29 is 4.79 Å². The highest BCUT2D eigenvalue weighted by Gasteiger charge is 2.19. The van der Waals surface area contributed by atoms with Gasteiger partial charge in [-0.15, -0.1) is 17.0 Å². The third-order valence-electron chi connectivity index (χ3n) is 5.79. The molecule has 218 valence electrons. The van der Waals surface area contributed by atoms with Crippen molar-refractivity contribution in [2.24, 2.45) is 0 Å². The first kappa shape index (κ1) is 31.8. The number of thiazole rings is 1. The highest BCUT2D eigenvalue weighted by Crippen LogP contribution is 2.35. The number of ketones is 1. The van der Waals surface area contributed by atoms with Crippen LogP contribution in [0.1, 0.15) is 32.1 Å². The molecule has 4 heterocycles. The number of nitriles is 2. The van der Waals surface area contributed by atoms with E-state index in [2.05, 4.69) is 52.5 Å². The summed E-state index contributed by atoms with van der Waals surface area (Å²) in [5.41, 5.74) is 3.99. The van der Waals surface area contributed by atoms with E-state index in [4.69, 9.17) is 10.2 Å². The van der Waals surface area contributed by atoms with Gasteiger partial charge in [0.2, 0.25) is 0 Å². The van der Waals surface area contributed by atoms with E-state index in [1.807, 2.05) is 49.4 Å². The number of carbonyl (C=O) groups excluding carboxylic acids is 1. The zero-order valence-electron chi connectivity index (χ0n) is 22.8. The van der Waals surface area contributed by atoms with Crippen LogP contribution in [0.5, 0.6) is 0 Å². The second-order valence-electron chi connectivity index (χ2n) is 8.76. The molecule has 0 aliphatic heterocycles. The molecule has 0 fully saturated rings. The molecular formula is C29H21Br2N11OS. The summed E-state index contributed by atoms with van der Waals surface area (Å²) in [7, 11) is 0. The molecule has 12 nitrogen and oxygen atoms in total. The van der Waals surface area contributed by atoms with Crippen LogP contribution >= 0.6 is 44.2 Å². The highest BCUT2D eigenvalue weighted by molar-refractivity contribution is 9.09. The molecule has 0 aliphatic carbocycles. The van der Waals surface area contributed by atoms with Crippen molar-refractivity contribution in [3.63, 3.8) is 0 Å². The lowest BCUT2D eigenvalue weighted by Gasteiger charge is -2.08. The van der Waals surface area contributed by atoms with Gasteiger partial charge in [0.15, 0.2) is 15.9 Å². The van der Waals surface area contributed by atoms with E-state index in [0.717, 1.165) is 27.8 Å². The fourth-order valence-corrected chi connectivity index (χ4v) is 5.21. The van der Waals surface area contributed by atoms with E-state index in [1.165, 1.54) is 35.0 Å². The van der Waals surface area contributed by atoms with E-state index in [0.29, 0.717) is 21.8 Å². The number of hydrogen-bond acceptors (Lipinski definition) is 11. The minimum Gasteiger partial charge on any atom is -0.316 e. The molecule has 44 heavy (non-hydrogen) atoms. The standard InChI is InChI=1S/C18H13N7S.C11H7BrN4O.BrH/c1-12-4-2-7-15(22-12)23-18-24-16(14-6-3-5-13(8-14)9-19)17(26-18)25-11-20-10-21-25;12-11(16-7-14-6-15-16)10(17)9-3-1-2-8(4-9)5-13;/h2-8,10-11H,1H3,(H,22,23,24);1-4,6-7,11H;1H. The summed E-state index contributed by atoms with van der Waals surface area (Å²) in [5, 5.41) is 30.8. The molecule has 6 rings (SSSR count). The molecule has 4 aromatic heterocycles. The molecule has 6 aromatic rings. The predicted octanol–water partition coefficient (Wildman–Crippen LogP) is 6.21. The molecule has 1 N–H and O–H groups in total. The number of alkyl halides is 1. The van der Waals surface area contributed by atoms with Gasteiger partial charge in [-0.05, 0) is 43.3 Å². The summed E-state index contributed by atoms with van der Waals surface area (Å²) in [5.74, 6) is 0.550. The average Bonchev–Trinajstić information content (AvgIpc) is 3.83. The fourth-order valence-electron chi connectivity index (χ4n) is 3.81. The second-order valence-corrected chi connectivity index (χ2v) is 10.6. The van der Waals surface area contributed by atoms with Crippen LogP contribution < -0.4 is 5.32 Å². The first-order valence-corrected chi connectivity index (χ1v) is 14.3. The number of benzene rings is 2. The Balaban J connectivity index is 0.000000214. The zero-order chi connectivity index (χ0) is 30.2. The Morgan fingerprint density at radius 2 is 1.64 bits per heavy atom. The lowest BCUT2D eigenvalue weighted by atomic mass is 10.1. The van der Waals surface area contributed by atoms with E-state index in [1.54, 1.807) is 41.3 Å². The van der Waals surface area contributed by atoms with Crippen LogP contribution in [0.15, 0.2) is 92.0 Å². The molecule has 0 aliphatic rings. The van der Waals surface area contributed by atoms with Gasteiger partial charge < -0.3 is 5.32 Å². The molecule has 1 atom stereocenters. The third-order valence-corrected chi connectivity index (χ3v) is 7.58. The maximum atomic E-state index is 12.1. The number of halogens is 2. The van der Waals surface area contributed by atoms with Crippen molar-refractivity contribution in [2.45, 2.75) is 11.9 Å². The van der Waals surface area contributed by atoms with E-state index in [-0.39, 0.29) is 22.8 Å². The SMILES string of the molecule is Br.Cc1cccc(Nc2nc(-c3cccc(C#N)c3)c(-n3cncn3)s2)n1.N#Cc1cccc(C(=O)C(Br)n2cncn2)c1. The predicted molar refractivity (Wildman–Crippen MR) is 173 cm³/mol. The smallest absolute Gasteiger partial charge is 0.198 e. The first-order chi connectivity index (χ1) is 20.9. The topological polar surface area (TPSA) is 164 Å². The number of Topliss-reactive ketones (excluding diaryl/α,β-unsaturated/α-hetero) is 1. The summed E-state index contributed by atoms with van der Waals surface area (Å²) in [6, 6.07) is 23.8. The van der Waals surface area contributed by atoms with E-state index in [9.17, 15) is 10.1 Å². The first-order valence-electron chi connectivity index (χ1n) is 12.5. The van der Waals surface area contributed by atoms with Gasteiger partial charge in [0, 0.05) is 16.8 Å². The van der Waals surface area contributed by atoms with Crippen LogP contribution in [0, 0.1) is 29.6 Å². The van der Waals surface area contributed by atoms with Crippen LogP contribution in [-0.2, 0) is 0 Å². The molecular weight excluding hydrogens is 710 g/mol. The van der Waals surface area contributed by atoms with Gasteiger partial charge in [-0.25, -0.2) is 29.3 Å². The van der Waals surface area contributed by atoms with E-state index >= 15 is 0 Å². The van der Waals surface area contributed by atoms with E-state index < -0.39 is 4.95 Å². The molecule has 2 aromatic carbocycles. The Kier molecular flexibility index (Phi) is 10.8. The molecule has 1 unspecified atom stereocenters. The number of aromatic nitrogens is 8. The number of anilines is 2. The van der Waals surface area contributed by atoms with Crippen LogP contribution in [0.25, 0.3) is 16.3 Å². The largest absolute Gasteiger partial charge is 0.316 e. The van der Waals surface area contributed by atoms with Gasteiger partial charge in [0.25, 0.3) is 0 Å². The number of nitrogens with zero attached hydrogens (tertiary/aromatic N) is 10. The number of hydrogen-bond donors (Lipinski definition) is 1. The summed E-state index contributed by atoms with van der Waals surface area (Å²) < 4.78 is 3.07. The Labute approximate surface area is 274 Å². The average molecular weight is 731 g/mol. The van der Waals surface area contributed by atoms with Crippen LogP contribution in [-0.4, -0.2) is 45.3 Å². The van der Waals surface area contributed by atoms with Crippen molar-refractivity contribution in [1.29, 1.82) is 10.5 Å². The Morgan fingerprint density at radius 3 is 2.32 bits per heavy atom. The molecule has 0 spiro atoms. The van der Waals surface area contributed by atoms with Gasteiger partial charge in [-0.3, -0.25) is 4.79 Å². The van der Waals surface area contributed by atoms with Crippen molar-refractivity contribution >= 4 is 61.0 Å². The molecule has 0 radical (unpaired) electrons. The lowest BCUT2D eigenvalue weighted by molar-refractivity contribution is 0.0965.